The van der Waals surface area contributed by atoms with Crippen molar-refractivity contribution in [1.29, 1.82) is 0 Å². The SMILES string of the molecule is CC1(C)CN(C(=O)c2cc(C(N)=O)c[nH]2)Cc2ccccc2O1. The number of fused-ring (bicyclic) bond motifs is 1. The van der Waals surface area contributed by atoms with E-state index in [9.17, 15) is 9.59 Å². The van der Waals surface area contributed by atoms with Crippen LogP contribution >= 0.6 is 0 Å². The van der Waals surface area contributed by atoms with Crippen LogP contribution in [0.3, 0.4) is 0 Å². The Morgan fingerprint density at radius 3 is 2.74 bits per heavy atom. The van der Waals surface area contributed by atoms with E-state index < -0.39 is 11.5 Å². The van der Waals surface area contributed by atoms with Gasteiger partial charge in [0.15, 0.2) is 0 Å². The number of aromatic nitrogens is 1. The Morgan fingerprint density at radius 1 is 1.30 bits per heavy atom. The van der Waals surface area contributed by atoms with Crippen molar-refractivity contribution in [2.45, 2.75) is 26.0 Å². The molecule has 3 N–H and O–H groups in total. The fourth-order valence-electron chi connectivity index (χ4n) is 2.76. The van der Waals surface area contributed by atoms with Gasteiger partial charge in [-0.1, -0.05) is 18.2 Å². The molecule has 1 aliphatic rings. The summed E-state index contributed by atoms with van der Waals surface area (Å²) in [6.07, 6.45) is 1.45. The molecule has 2 heterocycles. The van der Waals surface area contributed by atoms with E-state index in [1.165, 1.54) is 12.3 Å². The van der Waals surface area contributed by atoms with Crippen LogP contribution in [0.1, 0.15) is 40.3 Å². The van der Waals surface area contributed by atoms with Crippen molar-refractivity contribution in [3.63, 3.8) is 0 Å². The molecule has 0 saturated carbocycles. The molecule has 1 aromatic heterocycles. The maximum atomic E-state index is 12.8. The van der Waals surface area contributed by atoms with Gasteiger partial charge >= 0.3 is 0 Å². The van der Waals surface area contributed by atoms with Crippen molar-refractivity contribution < 1.29 is 14.3 Å². The number of amides is 2. The molecule has 0 bridgehead atoms. The second kappa shape index (κ2) is 5.46. The van der Waals surface area contributed by atoms with E-state index in [1.54, 1.807) is 4.90 Å². The third-order valence-electron chi connectivity index (χ3n) is 3.78. The van der Waals surface area contributed by atoms with Crippen molar-refractivity contribution >= 4 is 11.8 Å². The lowest BCUT2D eigenvalue weighted by atomic mass is 10.1. The summed E-state index contributed by atoms with van der Waals surface area (Å²) in [6, 6.07) is 9.17. The molecule has 3 rings (SSSR count). The summed E-state index contributed by atoms with van der Waals surface area (Å²) in [6.45, 7) is 4.77. The summed E-state index contributed by atoms with van der Waals surface area (Å²) in [5.74, 6) is 0.0353. The molecule has 1 aromatic carbocycles. The number of rotatable bonds is 2. The Morgan fingerprint density at radius 2 is 2.04 bits per heavy atom. The fourth-order valence-corrected chi connectivity index (χ4v) is 2.76. The summed E-state index contributed by atoms with van der Waals surface area (Å²) in [4.78, 5) is 28.5. The third-order valence-corrected chi connectivity index (χ3v) is 3.78. The first kappa shape index (κ1) is 15.1. The van der Waals surface area contributed by atoms with Crippen LogP contribution in [0.4, 0.5) is 0 Å². The molecule has 0 fully saturated rings. The maximum absolute atomic E-state index is 12.8. The monoisotopic (exact) mass is 313 g/mol. The molecule has 0 unspecified atom stereocenters. The molecular formula is C17H19N3O3. The molecule has 23 heavy (non-hydrogen) atoms. The third kappa shape index (κ3) is 3.06. The highest BCUT2D eigenvalue weighted by atomic mass is 16.5. The number of hydrogen-bond donors (Lipinski definition) is 2. The molecule has 0 aliphatic carbocycles. The fraction of sp³-hybridized carbons (Fsp3) is 0.294. The van der Waals surface area contributed by atoms with Gasteiger partial charge in [-0.3, -0.25) is 9.59 Å². The van der Waals surface area contributed by atoms with E-state index in [4.69, 9.17) is 10.5 Å². The highest BCUT2D eigenvalue weighted by Gasteiger charge is 2.32. The Bertz CT molecular complexity index is 764. The van der Waals surface area contributed by atoms with Crippen molar-refractivity contribution in [3.05, 3.63) is 53.3 Å². The topological polar surface area (TPSA) is 88.4 Å². The lowest BCUT2D eigenvalue weighted by Crippen LogP contribution is -2.43. The lowest BCUT2D eigenvalue weighted by Gasteiger charge is -2.29. The minimum Gasteiger partial charge on any atom is -0.486 e. The van der Waals surface area contributed by atoms with E-state index >= 15 is 0 Å². The molecule has 0 spiro atoms. The number of para-hydroxylation sites is 1. The number of nitrogens with two attached hydrogens (primary N) is 1. The van der Waals surface area contributed by atoms with Gasteiger partial charge in [0.05, 0.1) is 12.1 Å². The summed E-state index contributed by atoms with van der Waals surface area (Å²) >= 11 is 0. The molecule has 1 aliphatic heterocycles. The van der Waals surface area contributed by atoms with Gasteiger partial charge in [-0.15, -0.1) is 0 Å². The molecular weight excluding hydrogens is 294 g/mol. The second-order valence-corrected chi connectivity index (χ2v) is 6.30. The first-order chi connectivity index (χ1) is 10.9. The second-order valence-electron chi connectivity index (χ2n) is 6.30. The zero-order valence-corrected chi connectivity index (χ0v) is 13.1. The van der Waals surface area contributed by atoms with Gasteiger partial charge < -0.3 is 20.4 Å². The molecule has 6 nitrogen and oxygen atoms in total. The standard InChI is InChI=1S/C17H19N3O3/c1-17(2)10-20(9-11-5-3-4-6-14(11)23-17)16(22)13-7-12(8-19-13)15(18)21/h3-8,19H,9-10H2,1-2H3,(H2,18,21). The van der Waals surface area contributed by atoms with Crippen LogP contribution in [0.15, 0.2) is 36.5 Å². The average Bonchev–Trinajstić information content (AvgIpc) is 2.92. The lowest BCUT2D eigenvalue weighted by molar-refractivity contribution is 0.0497. The molecule has 2 amide bonds. The predicted octanol–water partition coefficient (Wildman–Crippen LogP) is 1.93. The van der Waals surface area contributed by atoms with Crippen LogP contribution in [0.25, 0.3) is 0 Å². The van der Waals surface area contributed by atoms with Crippen LogP contribution in [0.2, 0.25) is 0 Å². The van der Waals surface area contributed by atoms with Crippen LogP contribution in [0.5, 0.6) is 5.75 Å². The Kier molecular flexibility index (Phi) is 3.60. The zero-order valence-electron chi connectivity index (χ0n) is 13.1. The Labute approximate surface area is 134 Å². The molecule has 120 valence electrons. The molecule has 6 heteroatoms. The molecule has 0 saturated heterocycles. The van der Waals surface area contributed by atoms with Gasteiger partial charge in [0.25, 0.3) is 5.91 Å². The Hall–Kier alpha value is -2.76. The number of carbonyl (C=O) groups is 2. The first-order valence-corrected chi connectivity index (χ1v) is 7.40. The zero-order chi connectivity index (χ0) is 16.6. The maximum Gasteiger partial charge on any atom is 0.270 e. The van der Waals surface area contributed by atoms with Gasteiger partial charge in [0, 0.05) is 18.3 Å². The largest absolute Gasteiger partial charge is 0.486 e. The summed E-state index contributed by atoms with van der Waals surface area (Å²) in [5.41, 5.74) is 6.31. The normalized spacial score (nSPS) is 16.2. The van der Waals surface area contributed by atoms with E-state index in [0.29, 0.717) is 24.3 Å². The summed E-state index contributed by atoms with van der Waals surface area (Å²) in [5, 5.41) is 0. The van der Waals surface area contributed by atoms with Crippen molar-refractivity contribution in [2.75, 3.05) is 6.54 Å². The van der Waals surface area contributed by atoms with Crippen LogP contribution < -0.4 is 10.5 Å². The van der Waals surface area contributed by atoms with Crippen molar-refractivity contribution in [1.82, 2.24) is 9.88 Å². The highest BCUT2D eigenvalue weighted by Crippen LogP contribution is 2.29. The van der Waals surface area contributed by atoms with Gasteiger partial charge in [0.2, 0.25) is 5.91 Å². The van der Waals surface area contributed by atoms with E-state index in [0.717, 1.165) is 11.3 Å². The molecule has 0 radical (unpaired) electrons. The quantitative estimate of drug-likeness (QED) is 0.888. The predicted molar refractivity (Wildman–Crippen MR) is 85.2 cm³/mol. The van der Waals surface area contributed by atoms with Gasteiger partial charge in [0.1, 0.15) is 17.0 Å². The van der Waals surface area contributed by atoms with Crippen LogP contribution in [-0.4, -0.2) is 33.8 Å². The number of benzene rings is 1. The Balaban J connectivity index is 1.92. The minimum atomic E-state index is -0.565. The number of primary amides is 1. The van der Waals surface area contributed by atoms with E-state index in [-0.39, 0.29) is 5.91 Å². The number of ether oxygens (including phenoxy) is 1. The summed E-state index contributed by atoms with van der Waals surface area (Å²) < 4.78 is 6.03. The van der Waals surface area contributed by atoms with Gasteiger partial charge in [-0.05, 0) is 26.0 Å². The number of carbonyl (C=O) groups excluding carboxylic acids is 2. The first-order valence-electron chi connectivity index (χ1n) is 7.40. The average molecular weight is 313 g/mol. The van der Waals surface area contributed by atoms with Crippen molar-refractivity contribution in [2.24, 2.45) is 5.73 Å². The molecule has 2 aromatic rings. The summed E-state index contributed by atoms with van der Waals surface area (Å²) in [7, 11) is 0. The number of nitrogens with zero attached hydrogens (tertiary/aromatic N) is 1. The van der Waals surface area contributed by atoms with Gasteiger partial charge in [-0.25, -0.2) is 0 Å². The smallest absolute Gasteiger partial charge is 0.270 e. The molecule has 0 atom stereocenters. The van der Waals surface area contributed by atoms with Crippen LogP contribution in [-0.2, 0) is 6.54 Å². The number of H-pyrrole nitrogens is 1. The van der Waals surface area contributed by atoms with Crippen LogP contribution in [0, 0.1) is 0 Å². The number of aromatic amines is 1. The van der Waals surface area contributed by atoms with Crippen molar-refractivity contribution in [3.8, 4) is 5.75 Å². The van der Waals surface area contributed by atoms with Gasteiger partial charge in [-0.2, -0.15) is 0 Å². The number of hydrogen-bond acceptors (Lipinski definition) is 3. The minimum absolute atomic E-state index is 0.189. The highest BCUT2D eigenvalue weighted by molar-refractivity contribution is 5.98. The van der Waals surface area contributed by atoms with E-state index in [2.05, 4.69) is 4.98 Å². The number of nitrogens with one attached hydrogen (secondary N) is 1. The van der Waals surface area contributed by atoms with E-state index in [1.807, 2.05) is 38.1 Å².